The number of ether oxygens (including phenoxy) is 3. The van der Waals surface area contributed by atoms with Gasteiger partial charge in [0.05, 0.1) is 31.4 Å². The summed E-state index contributed by atoms with van der Waals surface area (Å²) in [4.78, 5) is 26.9. The monoisotopic (exact) mass is 489 g/mol. The zero-order chi connectivity index (χ0) is 24.5. The average molecular weight is 490 g/mol. The van der Waals surface area contributed by atoms with Crippen LogP contribution < -0.4 is 14.8 Å². The Bertz CT molecular complexity index is 1080. The summed E-state index contributed by atoms with van der Waals surface area (Å²) < 4.78 is 16.7. The van der Waals surface area contributed by atoms with Gasteiger partial charge in [-0.05, 0) is 26.0 Å². The van der Waals surface area contributed by atoms with Crippen LogP contribution >= 0.6 is 11.8 Å². The summed E-state index contributed by atoms with van der Waals surface area (Å²) in [5.74, 6) is 1.05. The number of aliphatic carboxylic acids is 1. The summed E-state index contributed by atoms with van der Waals surface area (Å²) in [5, 5.41) is 13.6. The van der Waals surface area contributed by atoms with Gasteiger partial charge in [-0.2, -0.15) is 0 Å². The number of allylic oxidation sites excluding steroid dienone is 1. The minimum Gasteiger partial charge on any atom is -0.493 e. The molecule has 0 atom stereocenters. The van der Waals surface area contributed by atoms with Crippen LogP contribution in [0.3, 0.4) is 0 Å². The number of nitrogens with zero attached hydrogens (tertiary/aromatic N) is 4. The minimum absolute atomic E-state index is 0.332. The number of thioether (sulfide) groups is 1. The lowest BCUT2D eigenvalue weighted by Crippen LogP contribution is -2.29. The normalized spacial score (nSPS) is 15.1. The molecule has 2 heterocycles. The van der Waals surface area contributed by atoms with E-state index in [1.807, 2.05) is 12.1 Å². The zero-order valence-corrected chi connectivity index (χ0v) is 20.8. The zero-order valence-electron chi connectivity index (χ0n) is 20.0. The van der Waals surface area contributed by atoms with Crippen molar-refractivity contribution in [2.24, 2.45) is 4.99 Å². The fourth-order valence-corrected chi connectivity index (χ4v) is 4.43. The van der Waals surface area contributed by atoms with Gasteiger partial charge in [0, 0.05) is 43.1 Å². The maximum absolute atomic E-state index is 11.3. The van der Waals surface area contributed by atoms with Crippen molar-refractivity contribution in [2.75, 3.05) is 52.8 Å². The third-order valence-corrected chi connectivity index (χ3v) is 6.30. The number of amidine groups is 1. The maximum Gasteiger partial charge on any atom is 0.334 e. The summed E-state index contributed by atoms with van der Waals surface area (Å²) in [6.45, 7) is 7.89. The number of carboxylic acid groups (broad SMARTS) is 1. The molecule has 1 aromatic carbocycles. The molecule has 0 bridgehead atoms. The van der Waals surface area contributed by atoms with Crippen molar-refractivity contribution in [2.45, 2.75) is 20.3 Å². The molecular formula is C23H31N5O5S. The molecule has 1 aliphatic rings. The molecule has 2 aromatic rings. The van der Waals surface area contributed by atoms with Crippen LogP contribution in [-0.2, 0) is 9.53 Å². The lowest BCUT2D eigenvalue weighted by atomic mass is 10.2. The molecule has 34 heavy (non-hydrogen) atoms. The number of nitrogens with one attached hydrogen (secondary N) is 1. The molecule has 10 nitrogen and oxygen atoms in total. The van der Waals surface area contributed by atoms with Crippen LogP contribution in [0.25, 0.3) is 10.9 Å². The first kappa shape index (κ1) is 25.7. The first-order valence-corrected chi connectivity index (χ1v) is 12.0. The van der Waals surface area contributed by atoms with E-state index < -0.39 is 5.97 Å². The molecule has 0 radical (unpaired) electrons. The van der Waals surface area contributed by atoms with Gasteiger partial charge < -0.3 is 29.5 Å². The Morgan fingerprint density at radius 1 is 1.24 bits per heavy atom. The van der Waals surface area contributed by atoms with Crippen molar-refractivity contribution in [1.82, 2.24) is 20.2 Å². The number of benzene rings is 1. The molecule has 3 rings (SSSR count). The quantitative estimate of drug-likeness (QED) is 0.431. The first-order valence-electron chi connectivity index (χ1n) is 11.0. The molecule has 0 aliphatic carbocycles. The number of methoxy groups -OCH3 is 2. The van der Waals surface area contributed by atoms with Crippen molar-refractivity contribution >= 4 is 39.6 Å². The van der Waals surface area contributed by atoms with Crippen LogP contribution in [0.1, 0.15) is 20.3 Å². The molecule has 0 spiro atoms. The van der Waals surface area contributed by atoms with Crippen LogP contribution in [0, 0.1) is 0 Å². The van der Waals surface area contributed by atoms with Gasteiger partial charge in [-0.1, -0.05) is 18.7 Å². The van der Waals surface area contributed by atoms with Crippen LogP contribution in [0.2, 0.25) is 0 Å². The second-order valence-electron chi connectivity index (χ2n) is 7.59. The summed E-state index contributed by atoms with van der Waals surface area (Å²) >= 11 is 1.31. The Hall–Kier alpha value is -2.89. The molecule has 1 aromatic heterocycles. The lowest BCUT2D eigenvalue weighted by Gasteiger charge is -2.20. The molecule has 0 saturated heterocycles. The predicted octanol–water partition coefficient (Wildman–Crippen LogP) is 3.06. The molecule has 0 amide bonds. The van der Waals surface area contributed by atoms with Gasteiger partial charge in [0.25, 0.3) is 0 Å². The number of rotatable bonds is 12. The van der Waals surface area contributed by atoms with Crippen LogP contribution in [-0.4, -0.2) is 83.9 Å². The van der Waals surface area contributed by atoms with Gasteiger partial charge in [-0.25, -0.2) is 19.8 Å². The number of aliphatic imine (C=N–C) groups is 1. The van der Waals surface area contributed by atoms with Gasteiger partial charge in [0.1, 0.15) is 6.33 Å². The maximum atomic E-state index is 11.3. The van der Waals surface area contributed by atoms with Gasteiger partial charge in [-0.3, -0.25) is 0 Å². The molecule has 0 fully saturated rings. The van der Waals surface area contributed by atoms with Gasteiger partial charge >= 0.3 is 5.97 Å². The highest BCUT2D eigenvalue weighted by Gasteiger charge is 2.20. The first-order chi connectivity index (χ1) is 16.5. The molecule has 1 aliphatic heterocycles. The smallest absolute Gasteiger partial charge is 0.334 e. The number of carboxylic acids is 1. The molecule has 11 heteroatoms. The molecule has 2 N–H and O–H groups in total. The third kappa shape index (κ3) is 6.58. The topological polar surface area (TPSA) is 118 Å². The summed E-state index contributed by atoms with van der Waals surface area (Å²) in [6.07, 6.45) is 2.32. The van der Waals surface area contributed by atoms with E-state index in [0.29, 0.717) is 63.6 Å². The Morgan fingerprint density at radius 2 is 2.06 bits per heavy atom. The van der Waals surface area contributed by atoms with E-state index in [4.69, 9.17) is 14.2 Å². The van der Waals surface area contributed by atoms with E-state index in [9.17, 15) is 9.90 Å². The van der Waals surface area contributed by atoms with Gasteiger partial charge in [0.2, 0.25) is 0 Å². The number of hydrogen-bond acceptors (Lipinski definition) is 9. The predicted molar refractivity (Wildman–Crippen MR) is 133 cm³/mol. The average Bonchev–Trinajstić information content (AvgIpc) is 2.83. The fraction of sp³-hybridized carbons (Fsp3) is 0.478. The van der Waals surface area contributed by atoms with Crippen LogP contribution in [0.4, 0.5) is 5.82 Å². The second-order valence-corrected chi connectivity index (χ2v) is 8.55. The summed E-state index contributed by atoms with van der Waals surface area (Å²) in [6, 6.07) is 3.65. The van der Waals surface area contributed by atoms with Crippen molar-refractivity contribution in [3.8, 4) is 11.5 Å². The number of likely N-dealkylation sites (N-methyl/N-ethyl adjacent to an activating group) is 1. The van der Waals surface area contributed by atoms with E-state index in [-0.39, 0.29) is 0 Å². The summed E-state index contributed by atoms with van der Waals surface area (Å²) in [7, 11) is 3.30. The van der Waals surface area contributed by atoms with E-state index in [1.165, 1.54) is 18.1 Å². The highest BCUT2D eigenvalue weighted by Crippen LogP contribution is 2.35. The number of carbonyl (C=O) groups is 1. The molecule has 184 valence electrons. The highest BCUT2D eigenvalue weighted by molar-refractivity contribution is 8.14. The number of hydrogen-bond donors (Lipinski definition) is 2. The Balaban J connectivity index is 1.75. The van der Waals surface area contributed by atoms with Crippen LogP contribution in [0.5, 0.6) is 11.5 Å². The molecule has 0 saturated carbocycles. The standard InChI is InChI=1S/C23H31N5O5S/c1-5-28(8-10-31-3)7-6-9-33-20-12-18-16(11-19(20)32-4)21(25-14-24-18)27-23-26-15(2)17(13-34-23)22(29)30/h11-12,14H,5-10,13H2,1-4H3,(H,29,30)(H,24,25,26,27). The van der Waals surface area contributed by atoms with E-state index in [2.05, 4.69) is 32.1 Å². The Kier molecular flexibility index (Phi) is 9.49. The van der Waals surface area contributed by atoms with Gasteiger partial charge in [0.15, 0.2) is 22.5 Å². The van der Waals surface area contributed by atoms with Crippen molar-refractivity contribution < 1.29 is 24.1 Å². The van der Waals surface area contributed by atoms with Crippen molar-refractivity contribution in [3.05, 3.63) is 29.7 Å². The molecule has 0 unspecified atom stereocenters. The van der Waals surface area contributed by atoms with Crippen LogP contribution in [0.15, 0.2) is 34.7 Å². The third-order valence-electron chi connectivity index (χ3n) is 5.40. The van der Waals surface area contributed by atoms with E-state index in [0.717, 1.165) is 26.1 Å². The van der Waals surface area contributed by atoms with E-state index >= 15 is 0 Å². The molecular weight excluding hydrogens is 458 g/mol. The van der Waals surface area contributed by atoms with Gasteiger partial charge in [-0.15, -0.1) is 0 Å². The SMILES string of the molecule is CCN(CCCOc1cc2ncnc(N=C3NC(C)=C(C(=O)O)CS3)c2cc1OC)CCOC. The summed E-state index contributed by atoms with van der Waals surface area (Å²) in [5.41, 5.74) is 1.58. The minimum atomic E-state index is -0.932. The number of aromatic nitrogens is 2. The number of fused-ring (bicyclic) bond motifs is 1. The van der Waals surface area contributed by atoms with E-state index in [1.54, 1.807) is 21.1 Å². The highest BCUT2D eigenvalue weighted by atomic mass is 32.2. The van der Waals surface area contributed by atoms with Crippen molar-refractivity contribution in [1.29, 1.82) is 0 Å². The Morgan fingerprint density at radius 3 is 2.74 bits per heavy atom. The fourth-order valence-electron chi connectivity index (χ4n) is 3.43. The largest absolute Gasteiger partial charge is 0.493 e. The second kappa shape index (κ2) is 12.5. The Labute approximate surface area is 203 Å². The lowest BCUT2D eigenvalue weighted by molar-refractivity contribution is -0.132. The van der Waals surface area contributed by atoms with Crippen molar-refractivity contribution in [3.63, 3.8) is 0 Å².